The molecule has 3 heterocycles. The van der Waals surface area contributed by atoms with Gasteiger partial charge in [0.05, 0.1) is 6.10 Å². The molecule has 1 fully saturated rings. The molecule has 0 radical (unpaired) electrons. The quantitative estimate of drug-likeness (QED) is 0.836. The minimum atomic E-state index is 0.311. The van der Waals surface area contributed by atoms with Crippen LogP contribution in [0.3, 0.4) is 0 Å². The molecule has 0 aliphatic carbocycles. The van der Waals surface area contributed by atoms with Crippen LogP contribution >= 0.6 is 0 Å². The molecule has 0 amide bonds. The van der Waals surface area contributed by atoms with Crippen molar-refractivity contribution in [3.63, 3.8) is 0 Å². The molecule has 2 aromatic rings. The summed E-state index contributed by atoms with van der Waals surface area (Å²) in [5.41, 5.74) is 0.967. The highest BCUT2D eigenvalue weighted by atomic mass is 16.5. The lowest BCUT2D eigenvalue weighted by atomic mass is 10.1. The Hall–Kier alpha value is -1.69. The summed E-state index contributed by atoms with van der Waals surface area (Å²) in [5, 5.41) is 4.27. The molecule has 6 heteroatoms. The second-order valence-corrected chi connectivity index (χ2v) is 4.89. The number of hydrogen-bond acceptors (Lipinski definition) is 5. The van der Waals surface area contributed by atoms with Gasteiger partial charge in [-0.2, -0.15) is 14.6 Å². The first kappa shape index (κ1) is 12.3. The minimum absolute atomic E-state index is 0.311. The van der Waals surface area contributed by atoms with Gasteiger partial charge in [-0.25, -0.2) is 4.98 Å². The fraction of sp³-hybridized carbons (Fsp3) is 0.615. The lowest BCUT2D eigenvalue weighted by molar-refractivity contribution is 0.0524. The zero-order valence-electron chi connectivity index (χ0n) is 11.4. The van der Waals surface area contributed by atoms with Gasteiger partial charge in [0.2, 0.25) is 0 Å². The molecule has 1 unspecified atom stereocenters. The van der Waals surface area contributed by atoms with Gasteiger partial charge >= 0.3 is 0 Å². The van der Waals surface area contributed by atoms with Gasteiger partial charge in [-0.15, -0.1) is 0 Å². The zero-order chi connectivity index (χ0) is 13.2. The number of aromatic nitrogens is 4. The minimum Gasteiger partial charge on any atom is -0.377 e. The molecule has 0 bridgehead atoms. The van der Waals surface area contributed by atoms with E-state index in [2.05, 4.69) is 26.0 Å². The topological polar surface area (TPSA) is 55.5 Å². The number of ether oxygens (including phenoxy) is 1. The molecule has 0 aromatic carbocycles. The number of hydrogen-bond donors (Lipinski definition) is 0. The largest absolute Gasteiger partial charge is 0.377 e. The van der Waals surface area contributed by atoms with Gasteiger partial charge in [0.25, 0.3) is 5.78 Å². The molecule has 6 nitrogen and oxygen atoms in total. The number of aryl methyl sites for hydroxylation is 1. The van der Waals surface area contributed by atoms with E-state index in [0.717, 1.165) is 44.0 Å². The van der Waals surface area contributed by atoms with Gasteiger partial charge in [-0.1, -0.05) is 0 Å². The standard InChI is InChI=1S/C13H19N5O/c1-3-19-11-5-4-6-17(8-11)12-7-10(2)16-13-14-9-15-18(12)13/h7,9,11H,3-6,8H2,1-2H3. The lowest BCUT2D eigenvalue weighted by Crippen LogP contribution is -2.40. The molecule has 19 heavy (non-hydrogen) atoms. The number of piperidine rings is 1. The highest BCUT2D eigenvalue weighted by molar-refractivity contribution is 5.47. The Balaban J connectivity index is 1.92. The molecule has 0 N–H and O–H groups in total. The first-order chi connectivity index (χ1) is 9.28. The summed E-state index contributed by atoms with van der Waals surface area (Å²) in [4.78, 5) is 10.9. The molecular formula is C13H19N5O. The maximum Gasteiger partial charge on any atom is 0.254 e. The second-order valence-electron chi connectivity index (χ2n) is 4.89. The van der Waals surface area contributed by atoms with Crippen molar-refractivity contribution in [3.05, 3.63) is 18.1 Å². The average Bonchev–Trinajstić information content (AvgIpc) is 2.86. The van der Waals surface area contributed by atoms with Crippen LogP contribution < -0.4 is 4.90 Å². The van der Waals surface area contributed by atoms with E-state index >= 15 is 0 Å². The smallest absolute Gasteiger partial charge is 0.254 e. The van der Waals surface area contributed by atoms with Crippen molar-refractivity contribution in [3.8, 4) is 0 Å². The summed E-state index contributed by atoms with van der Waals surface area (Å²) in [6.07, 6.45) is 4.14. The summed E-state index contributed by atoms with van der Waals surface area (Å²) >= 11 is 0. The van der Waals surface area contributed by atoms with Crippen LogP contribution in [0, 0.1) is 6.92 Å². The number of fused-ring (bicyclic) bond motifs is 1. The number of anilines is 1. The maximum absolute atomic E-state index is 5.76. The Morgan fingerprint density at radius 1 is 1.47 bits per heavy atom. The van der Waals surface area contributed by atoms with Crippen molar-refractivity contribution in [2.75, 3.05) is 24.6 Å². The first-order valence-electron chi connectivity index (χ1n) is 6.82. The maximum atomic E-state index is 5.76. The van der Waals surface area contributed by atoms with Gasteiger partial charge in [0, 0.05) is 31.5 Å². The van der Waals surface area contributed by atoms with Crippen LogP contribution in [-0.2, 0) is 4.74 Å². The molecule has 1 aliphatic rings. The third kappa shape index (κ3) is 2.40. The van der Waals surface area contributed by atoms with Gasteiger partial charge < -0.3 is 9.64 Å². The highest BCUT2D eigenvalue weighted by Crippen LogP contribution is 2.22. The van der Waals surface area contributed by atoms with Crippen molar-refractivity contribution in [2.24, 2.45) is 0 Å². The Kier molecular flexibility index (Phi) is 3.33. The fourth-order valence-electron chi connectivity index (χ4n) is 2.65. The Morgan fingerprint density at radius 3 is 3.21 bits per heavy atom. The van der Waals surface area contributed by atoms with E-state index in [1.807, 2.05) is 13.8 Å². The molecule has 1 atom stereocenters. The predicted octanol–water partition coefficient (Wildman–Crippen LogP) is 1.44. The van der Waals surface area contributed by atoms with Gasteiger partial charge in [0.15, 0.2) is 0 Å². The summed E-state index contributed by atoms with van der Waals surface area (Å²) in [7, 11) is 0. The van der Waals surface area contributed by atoms with Crippen molar-refractivity contribution < 1.29 is 4.74 Å². The zero-order valence-corrected chi connectivity index (χ0v) is 11.4. The summed E-state index contributed by atoms with van der Waals surface area (Å²) in [6.45, 7) is 6.74. The van der Waals surface area contributed by atoms with Crippen LogP contribution in [0.5, 0.6) is 0 Å². The number of nitrogens with zero attached hydrogens (tertiary/aromatic N) is 5. The highest BCUT2D eigenvalue weighted by Gasteiger charge is 2.22. The van der Waals surface area contributed by atoms with Crippen molar-refractivity contribution in [1.82, 2.24) is 19.6 Å². The third-order valence-electron chi connectivity index (χ3n) is 3.47. The van der Waals surface area contributed by atoms with E-state index in [1.54, 1.807) is 10.8 Å². The van der Waals surface area contributed by atoms with E-state index in [1.165, 1.54) is 0 Å². The summed E-state index contributed by atoms with van der Waals surface area (Å²) < 4.78 is 7.56. The van der Waals surface area contributed by atoms with Crippen molar-refractivity contribution in [2.45, 2.75) is 32.8 Å². The monoisotopic (exact) mass is 261 g/mol. The van der Waals surface area contributed by atoms with E-state index in [4.69, 9.17) is 4.74 Å². The Morgan fingerprint density at radius 2 is 2.37 bits per heavy atom. The van der Waals surface area contributed by atoms with Crippen molar-refractivity contribution >= 4 is 11.6 Å². The van der Waals surface area contributed by atoms with Crippen molar-refractivity contribution in [1.29, 1.82) is 0 Å². The third-order valence-corrected chi connectivity index (χ3v) is 3.47. The van der Waals surface area contributed by atoms with E-state index in [9.17, 15) is 0 Å². The van der Waals surface area contributed by atoms with E-state index in [0.29, 0.717) is 11.9 Å². The van der Waals surface area contributed by atoms with Crippen LogP contribution in [0.2, 0.25) is 0 Å². The average molecular weight is 261 g/mol. The molecule has 2 aromatic heterocycles. The Bertz CT molecular complexity index is 565. The van der Waals surface area contributed by atoms with Crippen LogP contribution in [0.1, 0.15) is 25.5 Å². The molecule has 0 saturated carbocycles. The van der Waals surface area contributed by atoms with Gasteiger partial charge in [-0.05, 0) is 26.7 Å². The van der Waals surface area contributed by atoms with Crippen LogP contribution in [0.4, 0.5) is 5.82 Å². The first-order valence-corrected chi connectivity index (χ1v) is 6.82. The second kappa shape index (κ2) is 5.13. The van der Waals surface area contributed by atoms with Crippen LogP contribution in [-0.4, -0.2) is 45.4 Å². The molecule has 1 aliphatic heterocycles. The normalized spacial score (nSPS) is 20.1. The number of rotatable bonds is 3. The molecule has 1 saturated heterocycles. The fourth-order valence-corrected chi connectivity index (χ4v) is 2.65. The lowest BCUT2D eigenvalue weighted by Gasteiger charge is -2.33. The SMILES string of the molecule is CCOC1CCCN(c2cc(C)nc3ncnn23)C1. The summed E-state index contributed by atoms with van der Waals surface area (Å²) in [6, 6.07) is 2.07. The van der Waals surface area contributed by atoms with Crippen LogP contribution in [0.25, 0.3) is 5.78 Å². The molecule has 102 valence electrons. The summed E-state index contributed by atoms with van der Waals surface area (Å²) in [5.74, 6) is 1.72. The van der Waals surface area contributed by atoms with Crippen LogP contribution in [0.15, 0.2) is 12.4 Å². The molecular weight excluding hydrogens is 242 g/mol. The molecule has 0 spiro atoms. The molecule has 3 rings (SSSR count). The van der Waals surface area contributed by atoms with E-state index in [-0.39, 0.29) is 0 Å². The Labute approximate surface area is 112 Å². The predicted molar refractivity (Wildman–Crippen MR) is 72.4 cm³/mol. The van der Waals surface area contributed by atoms with Gasteiger partial charge in [0.1, 0.15) is 12.1 Å². The van der Waals surface area contributed by atoms with E-state index < -0.39 is 0 Å². The van der Waals surface area contributed by atoms with Gasteiger partial charge in [-0.3, -0.25) is 0 Å².